The van der Waals surface area contributed by atoms with E-state index in [1.807, 2.05) is 4.90 Å². The topological polar surface area (TPSA) is 69.7 Å². The zero-order valence-electron chi connectivity index (χ0n) is 15.1. The maximum absolute atomic E-state index is 12.6. The number of piperazine rings is 1. The summed E-state index contributed by atoms with van der Waals surface area (Å²) < 4.78 is 27.5. The van der Waals surface area contributed by atoms with E-state index < -0.39 is 10.0 Å². The van der Waals surface area contributed by atoms with Crippen molar-refractivity contribution >= 4 is 33.2 Å². The summed E-state index contributed by atoms with van der Waals surface area (Å²) in [5.74, 6) is -0.0691. The molecule has 0 unspecified atom stereocenters. The largest absolute Gasteiger partial charge is 0.336 e. The van der Waals surface area contributed by atoms with E-state index in [1.165, 1.54) is 12.1 Å². The van der Waals surface area contributed by atoms with Crippen LogP contribution in [-0.4, -0.2) is 56.8 Å². The van der Waals surface area contributed by atoms with Crippen LogP contribution in [-0.2, 0) is 10.0 Å². The molecule has 8 heteroatoms. The Morgan fingerprint density at radius 2 is 1.59 bits per heavy atom. The molecule has 0 aromatic heterocycles. The molecule has 1 aliphatic rings. The summed E-state index contributed by atoms with van der Waals surface area (Å²) in [6.07, 6.45) is 0. The Morgan fingerprint density at radius 3 is 2.15 bits per heavy atom. The van der Waals surface area contributed by atoms with E-state index in [4.69, 9.17) is 11.6 Å². The predicted octanol–water partition coefficient (Wildman–Crippen LogP) is 2.92. The van der Waals surface area contributed by atoms with Crippen LogP contribution >= 0.6 is 11.6 Å². The highest BCUT2D eigenvalue weighted by Gasteiger charge is 2.22. The lowest BCUT2D eigenvalue weighted by Crippen LogP contribution is -2.48. The first kappa shape index (κ1) is 19.7. The molecule has 2 aromatic rings. The second kappa shape index (κ2) is 8.29. The Labute approximate surface area is 164 Å². The van der Waals surface area contributed by atoms with Gasteiger partial charge in [-0.15, -0.1) is 0 Å². The number of nitrogens with zero attached hydrogens (tertiary/aromatic N) is 2. The number of sulfonamides is 1. The van der Waals surface area contributed by atoms with Crippen LogP contribution in [0.4, 0.5) is 5.69 Å². The highest BCUT2D eigenvalue weighted by atomic mass is 35.5. The third-order valence-corrected chi connectivity index (χ3v) is 6.26. The molecule has 1 aliphatic heterocycles. The normalized spacial score (nSPS) is 15.6. The number of rotatable bonds is 5. The molecule has 6 nitrogen and oxygen atoms in total. The van der Waals surface area contributed by atoms with Crippen molar-refractivity contribution in [3.8, 4) is 0 Å². The van der Waals surface area contributed by atoms with Gasteiger partial charge < -0.3 is 9.80 Å². The molecule has 1 heterocycles. The molecule has 0 aliphatic carbocycles. The van der Waals surface area contributed by atoms with Gasteiger partial charge in [-0.25, -0.2) is 8.42 Å². The van der Waals surface area contributed by atoms with Crippen molar-refractivity contribution in [2.45, 2.75) is 11.8 Å². The van der Waals surface area contributed by atoms with E-state index in [0.29, 0.717) is 29.4 Å². The van der Waals surface area contributed by atoms with Crippen molar-refractivity contribution in [1.82, 2.24) is 9.80 Å². The zero-order chi connectivity index (χ0) is 19.4. The van der Waals surface area contributed by atoms with Crippen LogP contribution < -0.4 is 4.72 Å². The van der Waals surface area contributed by atoms with Crippen molar-refractivity contribution in [2.75, 3.05) is 37.4 Å². The second-order valence-electron chi connectivity index (χ2n) is 6.36. The number of amides is 1. The third kappa shape index (κ3) is 4.80. The molecule has 2 aromatic carbocycles. The van der Waals surface area contributed by atoms with Crippen LogP contribution in [0.3, 0.4) is 0 Å². The van der Waals surface area contributed by atoms with E-state index in [-0.39, 0.29) is 10.8 Å². The van der Waals surface area contributed by atoms with Crippen LogP contribution in [0.5, 0.6) is 0 Å². The highest BCUT2D eigenvalue weighted by Crippen LogP contribution is 2.19. The first-order valence-corrected chi connectivity index (χ1v) is 10.7. The number of hydrogen-bond acceptors (Lipinski definition) is 4. The minimum absolute atomic E-state index is 0.0691. The number of hydrogen-bond donors (Lipinski definition) is 1. The first-order valence-electron chi connectivity index (χ1n) is 8.79. The summed E-state index contributed by atoms with van der Waals surface area (Å²) in [6.45, 7) is 6.18. The predicted molar refractivity (Wildman–Crippen MR) is 107 cm³/mol. The summed E-state index contributed by atoms with van der Waals surface area (Å²) >= 11 is 5.81. The third-order valence-electron chi connectivity index (χ3n) is 4.61. The van der Waals surface area contributed by atoms with Gasteiger partial charge in [-0.2, -0.15) is 0 Å². The smallest absolute Gasteiger partial charge is 0.261 e. The quantitative estimate of drug-likeness (QED) is 0.827. The molecule has 27 heavy (non-hydrogen) atoms. The average molecular weight is 408 g/mol. The van der Waals surface area contributed by atoms with Crippen LogP contribution in [0.2, 0.25) is 5.02 Å². The molecule has 1 N–H and O–H groups in total. The highest BCUT2D eigenvalue weighted by molar-refractivity contribution is 7.92. The molecular weight excluding hydrogens is 386 g/mol. The summed E-state index contributed by atoms with van der Waals surface area (Å²) in [5, 5.41) is 0.528. The van der Waals surface area contributed by atoms with Crippen molar-refractivity contribution in [1.29, 1.82) is 0 Å². The number of likely N-dealkylation sites (N-methyl/N-ethyl adjacent to an activating group) is 1. The number of benzene rings is 2. The van der Waals surface area contributed by atoms with E-state index >= 15 is 0 Å². The number of anilines is 1. The van der Waals surface area contributed by atoms with Gasteiger partial charge in [0.25, 0.3) is 15.9 Å². The zero-order valence-corrected chi connectivity index (χ0v) is 16.6. The SMILES string of the molecule is CCN1CCN(C(=O)c2ccc(S(=O)(=O)Nc3ccc(Cl)cc3)cc2)CC1. The van der Waals surface area contributed by atoms with E-state index in [1.54, 1.807) is 36.4 Å². The van der Waals surface area contributed by atoms with Gasteiger partial charge in [0.15, 0.2) is 0 Å². The monoisotopic (exact) mass is 407 g/mol. The Hall–Kier alpha value is -2.09. The fourth-order valence-corrected chi connectivity index (χ4v) is 4.14. The fourth-order valence-electron chi connectivity index (χ4n) is 2.96. The summed E-state index contributed by atoms with van der Waals surface area (Å²) in [4.78, 5) is 16.8. The molecule has 1 saturated heterocycles. The Balaban J connectivity index is 1.69. The van der Waals surface area contributed by atoms with Crippen LogP contribution in [0, 0.1) is 0 Å². The van der Waals surface area contributed by atoms with Gasteiger partial charge in [-0.1, -0.05) is 18.5 Å². The maximum atomic E-state index is 12.6. The maximum Gasteiger partial charge on any atom is 0.261 e. The summed E-state index contributed by atoms with van der Waals surface area (Å²) in [6, 6.07) is 12.4. The molecule has 1 fully saturated rings. The number of halogens is 1. The second-order valence-corrected chi connectivity index (χ2v) is 8.48. The van der Waals surface area contributed by atoms with Crippen LogP contribution in [0.15, 0.2) is 53.4 Å². The van der Waals surface area contributed by atoms with E-state index in [2.05, 4.69) is 16.5 Å². The molecule has 3 rings (SSSR count). The molecule has 0 bridgehead atoms. The molecule has 144 valence electrons. The van der Waals surface area contributed by atoms with Crippen molar-refractivity contribution in [2.24, 2.45) is 0 Å². The van der Waals surface area contributed by atoms with Gasteiger partial charge in [-0.05, 0) is 55.1 Å². The fraction of sp³-hybridized carbons (Fsp3) is 0.316. The summed E-state index contributed by atoms with van der Waals surface area (Å²) in [7, 11) is -3.73. The Bertz CT molecular complexity index is 891. The molecule has 1 amide bonds. The van der Waals surface area contributed by atoms with Gasteiger partial charge in [0.1, 0.15) is 0 Å². The number of carbonyl (C=O) groups is 1. The van der Waals surface area contributed by atoms with Crippen LogP contribution in [0.25, 0.3) is 0 Å². The van der Waals surface area contributed by atoms with Gasteiger partial charge in [0, 0.05) is 42.5 Å². The lowest BCUT2D eigenvalue weighted by Gasteiger charge is -2.34. The van der Waals surface area contributed by atoms with Crippen molar-refractivity contribution in [3.05, 3.63) is 59.1 Å². The number of carbonyl (C=O) groups excluding carboxylic acids is 1. The average Bonchev–Trinajstić information content (AvgIpc) is 2.69. The van der Waals surface area contributed by atoms with Gasteiger partial charge in [0.2, 0.25) is 0 Å². The van der Waals surface area contributed by atoms with E-state index in [0.717, 1.165) is 19.6 Å². The lowest BCUT2D eigenvalue weighted by molar-refractivity contribution is 0.0643. The summed E-state index contributed by atoms with van der Waals surface area (Å²) in [5.41, 5.74) is 0.915. The van der Waals surface area contributed by atoms with Crippen LogP contribution in [0.1, 0.15) is 17.3 Å². The minimum atomic E-state index is -3.73. The van der Waals surface area contributed by atoms with Gasteiger partial charge >= 0.3 is 0 Å². The van der Waals surface area contributed by atoms with Crippen molar-refractivity contribution < 1.29 is 13.2 Å². The van der Waals surface area contributed by atoms with E-state index in [9.17, 15) is 13.2 Å². The molecule has 0 saturated carbocycles. The lowest BCUT2D eigenvalue weighted by atomic mass is 10.2. The Kier molecular flexibility index (Phi) is 6.04. The Morgan fingerprint density at radius 1 is 1.00 bits per heavy atom. The molecule has 0 atom stereocenters. The molecule has 0 radical (unpaired) electrons. The van der Waals surface area contributed by atoms with Crippen molar-refractivity contribution in [3.63, 3.8) is 0 Å². The van der Waals surface area contributed by atoms with Gasteiger partial charge in [0.05, 0.1) is 4.90 Å². The minimum Gasteiger partial charge on any atom is -0.336 e. The van der Waals surface area contributed by atoms with Gasteiger partial charge in [-0.3, -0.25) is 9.52 Å². The first-order chi connectivity index (χ1) is 12.9. The number of nitrogens with one attached hydrogen (secondary N) is 1. The molecule has 0 spiro atoms. The standard InChI is InChI=1S/C19H22ClN3O3S/c1-2-22-11-13-23(14-12-22)19(24)15-3-9-18(10-4-15)27(25,26)21-17-7-5-16(20)6-8-17/h3-10,21H,2,11-14H2,1H3. The molecular formula is C19H22ClN3O3S.